The molecule has 0 aliphatic rings. The molecule has 5 heteroatoms. The van der Waals surface area contributed by atoms with E-state index in [1.165, 1.54) is 0 Å². The van der Waals surface area contributed by atoms with Crippen LogP contribution in [0.3, 0.4) is 0 Å². The predicted molar refractivity (Wildman–Crippen MR) is 72.9 cm³/mol. The Labute approximate surface area is 111 Å². The van der Waals surface area contributed by atoms with Gasteiger partial charge in [0.05, 0.1) is 17.8 Å². The predicted octanol–water partition coefficient (Wildman–Crippen LogP) is 3.00. The van der Waals surface area contributed by atoms with Crippen LogP contribution in [0.4, 0.5) is 5.95 Å². The van der Waals surface area contributed by atoms with E-state index in [0.717, 1.165) is 22.5 Å². The fourth-order valence-corrected chi connectivity index (χ4v) is 2.06. The number of ether oxygens (including phenoxy) is 1. The zero-order valence-corrected chi connectivity index (χ0v) is 11.2. The van der Waals surface area contributed by atoms with Crippen LogP contribution in [0.15, 0.2) is 18.2 Å². The first-order valence-electron chi connectivity index (χ1n) is 5.47. The molecule has 1 heterocycles. The van der Waals surface area contributed by atoms with E-state index in [1.54, 1.807) is 7.11 Å². The molecule has 0 bridgehead atoms. The van der Waals surface area contributed by atoms with Gasteiger partial charge in [-0.3, -0.25) is 0 Å². The molecule has 0 saturated carbocycles. The molecule has 0 fully saturated rings. The van der Waals surface area contributed by atoms with Crippen LogP contribution in [0.25, 0.3) is 11.3 Å². The molecule has 0 atom stereocenters. The number of nitrogen functional groups attached to an aromatic ring is 1. The summed E-state index contributed by atoms with van der Waals surface area (Å²) in [5, 5.41) is 0.549. The first-order chi connectivity index (χ1) is 8.51. The molecule has 0 unspecified atom stereocenters. The van der Waals surface area contributed by atoms with Crippen molar-refractivity contribution in [2.75, 3.05) is 12.8 Å². The van der Waals surface area contributed by atoms with E-state index in [-0.39, 0.29) is 5.95 Å². The van der Waals surface area contributed by atoms with Crippen molar-refractivity contribution in [3.8, 4) is 17.0 Å². The van der Waals surface area contributed by atoms with Crippen molar-refractivity contribution in [2.45, 2.75) is 13.8 Å². The van der Waals surface area contributed by atoms with Crippen molar-refractivity contribution < 1.29 is 4.74 Å². The smallest absolute Gasteiger partial charge is 0.220 e. The molecule has 94 valence electrons. The molecular weight excluding hydrogens is 250 g/mol. The van der Waals surface area contributed by atoms with Gasteiger partial charge in [-0.2, -0.15) is 0 Å². The van der Waals surface area contributed by atoms with Gasteiger partial charge in [0.2, 0.25) is 5.95 Å². The van der Waals surface area contributed by atoms with Crippen LogP contribution in [0.2, 0.25) is 5.02 Å². The number of nitrogens with zero attached hydrogens (tertiary/aromatic N) is 2. The van der Waals surface area contributed by atoms with Gasteiger partial charge in [-0.1, -0.05) is 11.6 Å². The summed E-state index contributed by atoms with van der Waals surface area (Å²) in [6.45, 7) is 3.85. The van der Waals surface area contributed by atoms with Crippen molar-refractivity contribution in [3.63, 3.8) is 0 Å². The molecule has 2 N–H and O–H groups in total. The van der Waals surface area contributed by atoms with Gasteiger partial charge in [0.1, 0.15) is 5.75 Å². The van der Waals surface area contributed by atoms with E-state index < -0.39 is 0 Å². The normalized spacial score (nSPS) is 10.4. The average Bonchev–Trinajstić information content (AvgIpc) is 2.30. The Morgan fingerprint density at radius 2 is 1.89 bits per heavy atom. The molecule has 0 saturated heterocycles. The minimum atomic E-state index is 0.261. The first kappa shape index (κ1) is 12.6. The largest absolute Gasteiger partial charge is 0.495 e. The van der Waals surface area contributed by atoms with Crippen molar-refractivity contribution >= 4 is 17.5 Å². The zero-order chi connectivity index (χ0) is 13.3. The van der Waals surface area contributed by atoms with E-state index in [0.29, 0.717) is 10.8 Å². The maximum Gasteiger partial charge on any atom is 0.220 e. The fraction of sp³-hybridized carbons (Fsp3) is 0.231. The van der Waals surface area contributed by atoms with Crippen LogP contribution in [0.5, 0.6) is 5.75 Å². The van der Waals surface area contributed by atoms with E-state index in [2.05, 4.69) is 9.97 Å². The van der Waals surface area contributed by atoms with Crippen LogP contribution in [-0.4, -0.2) is 17.1 Å². The number of anilines is 1. The number of methoxy groups -OCH3 is 1. The van der Waals surface area contributed by atoms with Gasteiger partial charge in [0.15, 0.2) is 0 Å². The fourth-order valence-electron chi connectivity index (χ4n) is 1.82. The number of hydrogen-bond acceptors (Lipinski definition) is 4. The lowest BCUT2D eigenvalue weighted by atomic mass is 10.0. The number of halogens is 1. The van der Waals surface area contributed by atoms with Crippen molar-refractivity contribution in [1.82, 2.24) is 9.97 Å². The standard InChI is InChI=1S/C13H14ClN3O/c1-7-4-12(18-3)10(14)6-9(7)11-5-8(2)16-13(15)17-11/h4-6H,1-3H3,(H2,15,16,17). The van der Waals surface area contributed by atoms with Gasteiger partial charge >= 0.3 is 0 Å². The van der Waals surface area contributed by atoms with Crippen molar-refractivity contribution in [1.29, 1.82) is 0 Å². The molecule has 0 aliphatic carbocycles. The number of benzene rings is 1. The van der Waals surface area contributed by atoms with Gasteiger partial charge in [0, 0.05) is 11.3 Å². The first-order valence-corrected chi connectivity index (χ1v) is 5.84. The molecule has 18 heavy (non-hydrogen) atoms. The maximum absolute atomic E-state index is 6.13. The number of aromatic nitrogens is 2. The SMILES string of the molecule is COc1cc(C)c(-c2cc(C)nc(N)n2)cc1Cl. The van der Waals surface area contributed by atoms with Gasteiger partial charge < -0.3 is 10.5 Å². The molecule has 0 aliphatic heterocycles. The number of rotatable bonds is 2. The van der Waals surface area contributed by atoms with Gasteiger partial charge in [-0.05, 0) is 37.6 Å². The Bertz CT molecular complexity index is 579. The van der Waals surface area contributed by atoms with Gasteiger partial charge in [0.25, 0.3) is 0 Å². The van der Waals surface area contributed by atoms with E-state index >= 15 is 0 Å². The summed E-state index contributed by atoms with van der Waals surface area (Å²) < 4.78 is 5.17. The Balaban J connectivity index is 2.60. The monoisotopic (exact) mass is 263 g/mol. The highest BCUT2D eigenvalue weighted by atomic mass is 35.5. The minimum Gasteiger partial charge on any atom is -0.495 e. The molecule has 2 rings (SSSR count). The summed E-state index contributed by atoms with van der Waals surface area (Å²) in [5.41, 5.74) is 9.20. The van der Waals surface area contributed by atoms with E-state index in [1.807, 2.05) is 32.0 Å². The lowest BCUT2D eigenvalue weighted by molar-refractivity contribution is 0.415. The Morgan fingerprint density at radius 3 is 2.50 bits per heavy atom. The second-order valence-corrected chi connectivity index (χ2v) is 4.46. The highest BCUT2D eigenvalue weighted by Crippen LogP contribution is 2.32. The summed E-state index contributed by atoms with van der Waals surface area (Å²) >= 11 is 6.13. The average molecular weight is 264 g/mol. The lowest BCUT2D eigenvalue weighted by Crippen LogP contribution is -1.99. The number of nitrogens with two attached hydrogens (primary N) is 1. The zero-order valence-electron chi connectivity index (χ0n) is 10.5. The molecule has 0 radical (unpaired) electrons. The third-order valence-corrected chi connectivity index (χ3v) is 2.94. The second kappa shape index (κ2) is 4.82. The van der Waals surface area contributed by atoms with Crippen LogP contribution in [0, 0.1) is 13.8 Å². The van der Waals surface area contributed by atoms with E-state index in [4.69, 9.17) is 22.1 Å². The molecule has 2 aromatic rings. The van der Waals surface area contributed by atoms with Crippen molar-refractivity contribution in [2.24, 2.45) is 0 Å². The van der Waals surface area contributed by atoms with Gasteiger partial charge in [-0.25, -0.2) is 9.97 Å². The minimum absolute atomic E-state index is 0.261. The Hall–Kier alpha value is -1.81. The van der Waals surface area contributed by atoms with Crippen LogP contribution >= 0.6 is 11.6 Å². The summed E-state index contributed by atoms with van der Waals surface area (Å²) in [6, 6.07) is 5.59. The van der Waals surface area contributed by atoms with E-state index in [9.17, 15) is 0 Å². The molecule has 0 amide bonds. The van der Waals surface area contributed by atoms with Crippen molar-refractivity contribution in [3.05, 3.63) is 34.5 Å². The quantitative estimate of drug-likeness (QED) is 0.905. The topological polar surface area (TPSA) is 61.0 Å². The second-order valence-electron chi connectivity index (χ2n) is 4.05. The molecule has 0 spiro atoms. The van der Waals surface area contributed by atoms with Gasteiger partial charge in [-0.15, -0.1) is 0 Å². The van der Waals surface area contributed by atoms with Crippen LogP contribution in [0.1, 0.15) is 11.3 Å². The lowest BCUT2D eigenvalue weighted by Gasteiger charge is -2.10. The van der Waals surface area contributed by atoms with Crippen LogP contribution < -0.4 is 10.5 Å². The summed E-state index contributed by atoms with van der Waals surface area (Å²) in [6.07, 6.45) is 0. The molecule has 1 aromatic carbocycles. The highest BCUT2D eigenvalue weighted by molar-refractivity contribution is 6.32. The summed E-state index contributed by atoms with van der Waals surface area (Å²) in [5.74, 6) is 0.910. The van der Waals surface area contributed by atoms with Crippen LogP contribution in [-0.2, 0) is 0 Å². The summed E-state index contributed by atoms with van der Waals surface area (Å²) in [7, 11) is 1.59. The summed E-state index contributed by atoms with van der Waals surface area (Å²) in [4.78, 5) is 8.28. The Kier molecular flexibility index (Phi) is 3.39. The number of aryl methyl sites for hydroxylation is 2. The molecular formula is C13H14ClN3O. The third kappa shape index (κ3) is 2.38. The third-order valence-electron chi connectivity index (χ3n) is 2.65. The Morgan fingerprint density at radius 1 is 1.17 bits per heavy atom. The maximum atomic E-state index is 6.13. The molecule has 4 nitrogen and oxygen atoms in total. The number of hydrogen-bond donors (Lipinski definition) is 1. The molecule has 1 aromatic heterocycles. The highest BCUT2D eigenvalue weighted by Gasteiger charge is 2.10.